The lowest BCUT2D eigenvalue weighted by molar-refractivity contribution is 0.418. The van der Waals surface area contributed by atoms with Gasteiger partial charge in [-0.2, -0.15) is 15.0 Å². The Bertz CT molecular complexity index is 1190. The van der Waals surface area contributed by atoms with E-state index in [1.165, 1.54) is 11.2 Å². The number of para-hydroxylation sites is 1. The number of benzene rings is 1. The fourth-order valence-corrected chi connectivity index (χ4v) is 5.32. The van der Waals surface area contributed by atoms with Crippen LogP contribution in [0.25, 0.3) is 22.4 Å². The van der Waals surface area contributed by atoms with E-state index in [1.807, 2.05) is 29.5 Å². The Morgan fingerprint density at radius 3 is 2.58 bits per heavy atom. The lowest BCUT2D eigenvalue weighted by atomic mass is 10.1. The van der Waals surface area contributed by atoms with Gasteiger partial charge in [-0.05, 0) is 41.1 Å². The molecular weight excluding hydrogens is 548 g/mol. The number of aromatic nitrogens is 6. The highest BCUT2D eigenvalue weighted by Crippen LogP contribution is 2.39. The predicted octanol–water partition coefficient (Wildman–Crippen LogP) is 6.15. The van der Waals surface area contributed by atoms with Crippen LogP contribution in [0.2, 0.25) is 5.15 Å². The zero-order chi connectivity index (χ0) is 22.5. The van der Waals surface area contributed by atoms with E-state index >= 15 is 0 Å². The van der Waals surface area contributed by atoms with Crippen molar-refractivity contribution in [2.75, 3.05) is 12.4 Å². The lowest BCUT2D eigenvalue weighted by Crippen LogP contribution is -1.99. The Balaban J connectivity index is 0.000000858. The van der Waals surface area contributed by atoms with E-state index in [1.54, 1.807) is 26.4 Å². The Hall–Kier alpha value is -1.97. The highest BCUT2D eigenvalue weighted by atomic mass is 127. The SMILES string of the molecule is CCC.COc1c(Nc2cc(Cl)nc3c2nc(C)n3PI)cccc1-c1cnn(C)n1. The van der Waals surface area contributed by atoms with Crippen LogP contribution >= 0.6 is 40.0 Å². The predicted molar refractivity (Wildman–Crippen MR) is 137 cm³/mol. The second-order valence-corrected chi connectivity index (χ2v) is 9.13. The minimum absolute atomic E-state index is 0.398. The number of imidazole rings is 1. The lowest BCUT2D eigenvalue weighted by Gasteiger charge is -2.14. The summed E-state index contributed by atoms with van der Waals surface area (Å²) in [5.41, 5.74) is 4.63. The molecule has 164 valence electrons. The van der Waals surface area contributed by atoms with Crippen LogP contribution in [0.15, 0.2) is 30.5 Å². The minimum Gasteiger partial charge on any atom is -0.494 e. The highest BCUT2D eigenvalue weighted by molar-refractivity contribution is 14.2. The number of halogens is 2. The van der Waals surface area contributed by atoms with Gasteiger partial charge in [0.05, 0.1) is 31.1 Å². The Labute approximate surface area is 201 Å². The van der Waals surface area contributed by atoms with Gasteiger partial charge in [0, 0.05) is 18.7 Å². The van der Waals surface area contributed by atoms with Crippen molar-refractivity contribution in [2.45, 2.75) is 27.2 Å². The molecule has 4 aromatic rings. The van der Waals surface area contributed by atoms with Crippen molar-refractivity contribution in [1.82, 2.24) is 29.3 Å². The fourth-order valence-electron chi connectivity index (χ4n) is 2.99. The first-order valence-corrected chi connectivity index (χ1v) is 14.1. The number of aryl methyl sites for hydroxylation is 2. The minimum atomic E-state index is 0.398. The molecule has 1 atom stereocenters. The van der Waals surface area contributed by atoms with Crippen LogP contribution in [-0.4, -0.2) is 36.4 Å². The van der Waals surface area contributed by atoms with E-state index < -0.39 is 0 Å². The molecule has 0 radical (unpaired) electrons. The fraction of sp³-hybridized carbons (Fsp3) is 0.300. The van der Waals surface area contributed by atoms with Gasteiger partial charge in [0.15, 0.2) is 11.4 Å². The third-order valence-electron chi connectivity index (χ3n) is 4.20. The van der Waals surface area contributed by atoms with Gasteiger partial charge in [0.2, 0.25) is 0 Å². The Kier molecular flexibility index (Phi) is 8.07. The molecule has 1 unspecified atom stereocenters. The van der Waals surface area contributed by atoms with Gasteiger partial charge in [-0.25, -0.2) is 9.97 Å². The number of hydrogen-bond acceptors (Lipinski definition) is 6. The summed E-state index contributed by atoms with van der Waals surface area (Å²) in [7, 11) is 3.41. The number of nitrogens with zero attached hydrogens (tertiary/aromatic N) is 6. The van der Waals surface area contributed by atoms with Crippen molar-refractivity contribution < 1.29 is 4.74 Å². The van der Waals surface area contributed by atoms with E-state index in [2.05, 4.69) is 61.4 Å². The first kappa shape index (κ1) is 23.7. The molecule has 1 aromatic carbocycles. The number of ether oxygens (including phenoxy) is 1. The molecule has 0 saturated heterocycles. The van der Waals surface area contributed by atoms with Crippen LogP contribution in [0.5, 0.6) is 5.75 Å². The molecule has 0 spiro atoms. The number of methoxy groups -OCH3 is 1. The summed E-state index contributed by atoms with van der Waals surface area (Å²) >= 11 is 8.60. The second kappa shape index (κ2) is 10.6. The third-order valence-corrected chi connectivity index (χ3v) is 6.55. The van der Waals surface area contributed by atoms with E-state index in [-0.39, 0.29) is 0 Å². The molecule has 4 rings (SSSR count). The van der Waals surface area contributed by atoms with Crippen molar-refractivity contribution in [3.8, 4) is 17.0 Å². The second-order valence-electron chi connectivity index (χ2n) is 6.68. The van der Waals surface area contributed by atoms with Crippen molar-refractivity contribution >= 4 is 62.6 Å². The maximum Gasteiger partial charge on any atom is 0.167 e. The van der Waals surface area contributed by atoms with Crippen LogP contribution in [0.4, 0.5) is 11.4 Å². The largest absolute Gasteiger partial charge is 0.494 e. The average molecular weight is 572 g/mol. The zero-order valence-corrected chi connectivity index (χ0v) is 21.9. The van der Waals surface area contributed by atoms with Crippen LogP contribution in [0.1, 0.15) is 26.1 Å². The monoisotopic (exact) mass is 571 g/mol. The zero-order valence-electron chi connectivity index (χ0n) is 17.9. The number of fused-ring (bicyclic) bond motifs is 1. The van der Waals surface area contributed by atoms with Crippen molar-refractivity contribution in [3.05, 3.63) is 41.4 Å². The summed E-state index contributed by atoms with van der Waals surface area (Å²) in [6.07, 6.45) is 3.43. The van der Waals surface area contributed by atoms with Crippen LogP contribution in [0.3, 0.4) is 0 Å². The quantitative estimate of drug-likeness (QED) is 0.176. The Morgan fingerprint density at radius 1 is 1.23 bits per heavy atom. The number of rotatable bonds is 5. The molecule has 1 N–H and O–H groups in total. The first-order valence-electron chi connectivity index (χ1n) is 9.66. The van der Waals surface area contributed by atoms with Gasteiger partial charge < -0.3 is 10.1 Å². The van der Waals surface area contributed by atoms with Crippen molar-refractivity contribution in [2.24, 2.45) is 7.05 Å². The summed E-state index contributed by atoms with van der Waals surface area (Å²) in [4.78, 5) is 10.6. The van der Waals surface area contributed by atoms with Crippen molar-refractivity contribution in [1.29, 1.82) is 0 Å². The topological polar surface area (TPSA) is 82.7 Å². The van der Waals surface area contributed by atoms with Gasteiger partial charge in [0.25, 0.3) is 0 Å². The molecule has 3 aromatic heterocycles. The van der Waals surface area contributed by atoms with Crippen LogP contribution < -0.4 is 10.1 Å². The molecule has 0 aliphatic heterocycles. The maximum absolute atomic E-state index is 6.29. The normalized spacial score (nSPS) is 11.1. The summed E-state index contributed by atoms with van der Waals surface area (Å²) < 4.78 is 7.73. The smallest absolute Gasteiger partial charge is 0.167 e. The molecule has 31 heavy (non-hydrogen) atoms. The number of pyridine rings is 1. The molecule has 8 nitrogen and oxygen atoms in total. The average Bonchev–Trinajstić information content (AvgIpc) is 3.30. The van der Waals surface area contributed by atoms with Crippen LogP contribution in [0, 0.1) is 6.92 Å². The molecule has 11 heteroatoms. The van der Waals surface area contributed by atoms with Crippen molar-refractivity contribution in [3.63, 3.8) is 0 Å². The van der Waals surface area contributed by atoms with Gasteiger partial charge in [-0.1, -0.05) is 37.9 Å². The van der Waals surface area contributed by atoms with Gasteiger partial charge in [-0.3, -0.25) is 4.34 Å². The molecule has 0 aliphatic carbocycles. The summed E-state index contributed by atoms with van der Waals surface area (Å²) in [5.74, 6) is 1.55. The molecule has 0 aliphatic rings. The van der Waals surface area contributed by atoms with E-state index in [4.69, 9.17) is 16.3 Å². The van der Waals surface area contributed by atoms with E-state index in [0.717, 1.165) is 39.6 Å². The van der Waals surface area contributed by atoms with E-state index in [9.17, 15) is 0 Å². The molecule has 3 heterocycles. The number of hydrogen-bond donors (Lipinski definition) is 1. The van der Waals surface area contributed by atoms with Gasteiger partial charge >= 0.3 is 0 Å². The first-order chi connectivity index (χ1) is 14.9. The van der Waals surface area contributed by atoms with Gasteiger partial charge in [-0.15, -0.1) is 0 Å². The standard InChI is InChI=1S/C17H16ClIN7OP.C3H8/c1-9-21-15-12(7-14(18)23-17(15)26(9)28-19)22-11-6-4-5-10(16(11)27-3)13-8-20-25(2)24-13;1-3-2/h4-8,28H,1-3H3,(H,22,23);3H2,1-2H3. The summed E-state index contributed by atoms with van der Waals surface area (Å²) in [5, 5.41) is 12.3. The van der Waals surface area contributed by atoms with Crippen LogP contribution in [-0.2, 0) is 7.05 Å². The molecule has 0 amide bonds. The molecule has 0 fully saturated rings. The molecule has 0 bridgehead atoms. The van der Waals surface area contributed by atoms with Gasteiger partial charge in [0.1, 0.15) is 22.2 Å². The molecular formula is C20H24ClIN7OP. The molecule has 0 saturated carbocycles. The summed E-state index contributed by atoms with van der Waals surface area (Å²) in [6.45, 7) is 6.21. The Morgan fingerprint density at radius 2 is 1.97 bits per heavy atom. The number of anilines is 2. The third kappa shape index (κ3) is 5.10. The maximum atomic E-state index is 6.29. The number of nitrogens with one attached hydrogen (secondary N) is 1. The highest BCUT2D eigenvalue weighted by Gasteiger charge is 2.17. The summed E-state index contributed by atoms with van der Waals surface area (Å²) in [6, 6.07) is 7.58. The van der Waals surface area contributed by atoms with E-state index in [0.29, 0.717) is 17.3 Å².